The number of anilines is 1. The third-order valence-corrected chi connectivity index (χ3v) is 3.74. The number of carbonyl (C=O) groups is 2. The highest BCUT2D eigenvalue weighted by Crippen LogP contribution is 2.22. The molecular formula is C19H19NO5. The van der Waals surface area contributed by atoms with Crippen molar-refractivity contribution >= 4 is 17.7 Å². The minimum Gasteiger partial charge on any atom is -0.490 e. The van der Waals surface area contributed by atoms with E-state index >= 15 is 0 Å². The second kappa shape index (κ2) is 7.70. The summed E-state index contributed by atoms with van der Waals surface area (Å²) in [4.78, 5) is 25.2. The Morgan fingerprint density at radius 2 is 1.88 bits per heavy atom. The van der Waals surface area contributed by atoms with Gasteiger partial charge in [-0.15, -0.1) is 0 Å². The lowest BCUT2D eigenvalue weighted by Crippen LogP contribution is -2.26. The van der Waals surface area contributed by atoms with Crippen molar-refractivity contribution in [3.05, 3.63) is 60.2 Å². The number of cyclic esters (lactones) is 1. The second-order valence-corrected chi connectivity index (χ2v) is 5.51. The van der Waals surface area contributed by atoms with Crippen LogP contribution in [0.4, 0.5) is 10.5 Å². The van der Waals surface area contributed by atoms with Gasteiger partial charge in [-0.1, -0.05) is 18.2 Å². The molecule has 1 amide bonds. The molecule has 0 spiro atoms. The Bertz CT molecular complexity index is 729. The molecule has 1 aliphatic heterocycles. The average Bonchev–Trinajstić information content (AvgIpc) is 3.02. The van der Waals surface area contributed by atoms with E-state index in [0.29, 0.717) is 24.5 Å². The predicted molar refractivity (Wildman–Crippen MR) is 92.0 cm³/mol. The molecule has 0 radical (unpaired) electrons. The average molecular weight is 341 g/mol. The van der Waals surface area contributed by atoms with Crippen molar-refractivity contribution in [2.24, 2.45) is 0 Å². The zero-order chi connectivity index (χ0) is 17.6. The number of hydrogen-bond acceptors (Lipinski definition) is 5. The van der Waals surface area contributed by atoms with Crippen LogP contribution in [-0.4, -0.2) is 37.9 Å². The van der Waals surface area contributed by atoms with Crippen LogP contribution in [0.15, 0.2) is 54.6 Å². The second-order valence-electron chi connectivity index (χ2n) is 5.51. The Labute approximate surface area is 145 Å². The lowest BCUT2D eigenvalue weighted by atomic mass is 10.2. The maximum Gasteiger partial charge on any atom is 0.414 e. The number of esters is 1. The molecular weight excluding hydrogens is 322 g/mol. The van der Waals surface area contributed by atoms with E-state index in [2.05, 4.69) is 0 Å². The van der Waals surface area contributed by atoms with Crippen molar-refractivity contribution in [2.75, 3.05) is 24.7 Å². The molecule has 1 unspecified atom stereocenters. The Balaban J connectivity index is 1.54. The van der Waals surface area contributed by atoms with E-state index in [1.807, 2.05) is 30.3 Å². The molecule has 3 rings (SSSR count). The van der Waals surface area contributed by atoms with Crippen LogP contribution in [0.5, 0.6) is 5.75 Å². The maximum absolute atomic E-state index is 12.0. The Kier molecular flexibility index (Phi) is 5.18. The zero-order valence-corrected chi connectivity index (χ0v) is 13.9. The SMILES string of the molecule is CCOC(=O)c1ccc(OCC2CN(c3ccccc3)C(=O)O2)cc1. The van der Waals surface area contributed by atoms with Crippen LogP contribution >= 0.6 is 0 Å². The van der Waals surface area contributed by atoms with Gasteiger partial charge in [0.15, 0.2) is 6.10 Å². The molecule has 6 heteroatoms. The number of rotatable bonds is 6. The molecule has 2 aromatic carbocycles. The summed E-state index contributed by atoms with van der Waals surface area (Å²) in [6.45, 7) is 2.77. The van der Waals surface area contributed by atoms with Crippen molar-refractivity contribution < 1.29 is 23.8 Å². The number of nitrogens with zero attached hydrogens (tertiary/aromatic N) is 1. The fourth-order valence-electron chi connectivity index (χ4n) is 2.52. The number of para-hydroxylation sites is 1. The van der Waals surface area contributed by atoms with Crippen LogP contribution < -0.4 is 9.64 Å². The fraction of sp³-hybridized carbons (Fsp3) is 0.263. The third kappa shape index (κ3) is 4.09. The van der Waals surface area contributed by atoms with E-state index in [-0.39, 0.29) is 24.8 Å². The van der Waals surface area contributed by atoms with E-state index in [1.165, 1.54) is 0 Å². The Morgan fingerprint density at radius 3 is 2.56 bits per heavy atom. The van der Waals surface area contributed by atoms with Gasteiger partial charge in [0, 0.05) is 5.69 Å². The summed E-state index contributed by atoms with van der Waals surface area (Å²) in [5.74, 6) is 0.236. The fourth-order valence-corrected chi connectivity index (χ4v) is 2.52. The quantitative estimate of drug-likeness (QED) is 0.755. The summed E-state index contributed by atoms with van der Waals surface area (Å²) in [6.07, 6.45) is -0.727. The first-order valence-corrected chi connectivity index (χ1v) is 8.10. The molecule has 0 aromatic heterocycles. The van der Waals surface area contributed by atoms with Gasteiger partial charge >= 0.3 is 12.1 Å². The monoisotopic (exact) mass is 341 g/mol. The van der Waals surface area contributed by atoms with Crippen molar-refractivity contribution in [1.29, 1.82) is 0 Å². The van der Waals surface area contributed by atoms with Gasteiger partial charge in [0.25, 0.3) is 0 Å². The van der Waals surface area contributed by atoms with Crippen LogP contribution in [0, 0.1) is 0 Å². The molecule has 25 heavy (non-hydrogen) atoms. The molecule has 0 aliphatic carbocycles. The van der Waals surface area contributed by atoms with Gasteiger partial charge in [0.2, 0.25) is 0 Å². The van der Waals surface area contributed by atoms with E-state index < -0.39 is 0 Å². The first-order valence-electron chi connectivity index (χ1n) is 8.10. The van der Waals surface area contributed by atoms with Crippen molar-refractivity contribution in [1.82, 2.24) is 0 Å². The molecule has 1 fully saturated rings. The number of amides is 1. The van der Waals surface area contributed by atoms with Crippen molar-refractivity contribution in [3.8, 4) is 5.75 Å². The predicted octanol–water partition coefficient (Wildman–Crippen LogP) is 3.27. The first kappa shape index (κ1) is 16.8. The Hall–Kier alpha value is -3.02. The molecule has 0 saturated carbocycles. The summed E-state index contributed by atoms with van der Waals surface area (Å²) in [6, 6.07) is 16.0. The molecule has 6 nitrogen and oxygen atoms in total. The van der Waals surface area contributed by atoms with Crippen LogP contribution in [0.1, 0.15) is 17.3 Å². The van der Waals surface area contributed by atoms with Gasteiger partial charge in [-0.3, -0.25) is 4.90 Å². The van der Waals surface area contributed by atoms with Gasteiger partial charge in [-0.2, -0.15) is 0 Å². The largest absolute Gasteiger partial charge is 0.490 e. The van der Waals surface area contributed by atoms with Gasteiger partial charge in [0.05, 0.1) is 18.7 Å². The van der Waals surface area contributed by atoms with Gasteiger partial charge in [0.1, 0.15) is 12.4 Å². The lowest BCUT2D eigenvalue weighted by Gasteiger charge is -2.13. The van der Waals surface area contributed by atoms with Crippen molar-refractivity contribution in [3.63, 3.8) is 0 Å². The standard InChI is InChI=1S/C19H19NO5/c1-2-23-18(21)14-8-10-16(11-9-14)24-13-17-12-20(19(22)25-17)15-6-4-3-5-7-15/h3-11,17H,2,12-13H2,1H3. The molecule has 1 saturated heterocycles. The summed E-state index contributed by atoms with van der Waals surface area (Å²) in [7, 11) is 0. The summed E-state index contributed by atoms with van der Waals surface area (Å²) >= 11 is 0. The number of benzene rings is 2. The first-order chi connectivity index (χ1) is 12.2. The maximum atomic E-state index is 12.0. The number of carbonyl (C=O) groups excluding carboxylic acids is 2. The third-order valence-electron chi connectivity index (χ3n) is 3.74. The molecule has 2 aromatic rings. The summed E-state index contributed by atoms with van der Waals surface area (Å²) in [5, 5.41) is 0. The zero-order valence-electron chi connectivity index (χ0n) is 13.9. The Morgan fingerprint density at radius 1 is 1.16 bits per heavy atom. The molecule has 1 heterocycles. The van der Waals surface area contributed by atoms with Crippen LogP contribution in [0.3, 0.4) is 0 Å². The van der Waals surface area contributed by atoms with Gasteiger partial charge in [-0.05, 0) is 43.3 Å². The normalized spacial score (nSPS) is 16.4. The van der Waals surface area contributed by atoms with Crippen LogP contribution in [0.25, 0.3) is 0 Å². The minimum atomic E-state index is -0.377. The molecule has 1 atom stereocenters. The minimum absolute atomic E-state index is 0.244. The van der Waals surface area contributed by atoms with Crippen LogP contribution in [0.2, 0.25) is 0 Å². The molecule has 0 bridgehead atoms. The van der Waals surface area contributed by atoms with E-state index in [4.69, 9.17) is 14.2 Å². The van der Waals surface area contributed by atoms with Crippen molar-refractivity contribution in [2.45, 2.75) is 13.0 Å². The molecule has 130 valence electrons. The highest BCUT2D eigenvalue weighted by molar-refractivity contribution is 5.90. The number of hydrogen-bond donors (Lipinski definition) is 0. The van der Waals surface area contributed by atoms with Gasteiger partial charge < -0.3 is 14.2 Å². The van der Waals surface area contributed by atoms with Gasteiger partial charge in [-0.25, -0.2) is 9.59 Å². The lowest BCUT2D eigenvalue weighted by molar-refractivity contribution is 0.0526. The highest BCUT2D eigenvalue weighted by atomic mass is 16.6. The summed E-state index contributed by atoms with van der Waals surface area (Å²) in [5.41, 5.74) is 1.27. The van der Waals surface area contributed by atoms with E-state index in [1.54, 1.807) is 36.1 Å². The summed E-state index contributed by atoms with van der Waals surface area (Å²) < 4.78 is 15.9. The molecule has 1 aliphatic rings. The highest BCUT2D eigenvalue weighted by Gasteiger charge is 2.32. The topological polar surface area (TPSA) is 65.1 Å². The van der Waals surface area contributed by atoms with Crippen LogP contribution in [-0.2, 0) is 9.47 Å². The number of ether oxygens (including phenoxy) is 3. The smallest absolute Gasteiger partial charge is 0.414 e. The van der Waals surface area contributed by atoms with E-state index in [9.17, 15) is 9.59 Å². The molecule has 0 N–H and O–H groups in total. The van der Waals surface area contributed by atoms with E-state index in [0.717, 1.165) is 5.69 Å².